The number of benzene rings is 2. The maximum absolute atomic E-state index is 14.6. The van der Waals surface area contributed by atoms with Crippen LogP contribution in [0.3, 0.4) is 0 Å². The number of hydrogen-bond donors (Lipinski definition) is 1. The molecule has 0 saturated carbocycles. The largest absolute Gasteiger partial charge is 0.497 e. The van der Waals surface area contributed by atoms with E-state index in [9.17, 15) is 4.39 Å². The van der Waals surface area contributed by atoms with Crippen LogP contribution in [0.5, 0.6) is 11.5 Å². The molecule has 0 spiro atoms. The first-order valence-corrected chi connectivity index (χ1v) is 11.4. The van der Waals surface area contributed by atoms with Gasteiger partial charge in [0.25, 0.3) is 0 Å². The van der Waals surface area contributed by atoms with E-state index >= 15 is 0 Å². The van der Waals surface area contributed by atoms with Crippen LogP contribution in [-0.4, -0.2) is 52.7 Å². The zero-order valence-electron chi connectivity index (χ0n) is 19.5. The molecule has 4 rings (SSSR count). The third-order valence-electron chi connectivity index (χ3n) is 5.83. The summed E-state index contributed by atoms with van der Waals surface area (Å²) in [6, 6.07) is 12.1. The van der Waals surface area contributed by atoms with E-state index < -0.39 is 6.04 Å². The smallest absolute Gasteiger partial charge is 0.173 e. The molecule has 0 radical (unpaired) electrons. The fraction of sp³-hybridized carbons (Fsp3) is 0.400. The van der Waals surface area contributed by atoms with Gasteiger partial charge in [0.15, 0.2) is 5.82 Å². The van der Waals surface area contributed by atoms with Crippen molar-refractivity contribution in [1.82, 2.24) is 25.5 Å². The van der Waals surface area contributed by atoms with Crippen LogP contribution in [0.4, 0.5) is 4.39 Å². The molecular weight excluding hydrogens is 437 g/mol. The van der Waals surface area contributed by atoms with Gasteiger partial charge in [-0.2, -0.15) is 0 Å². The second-order valence-corrected chi connectivity index (χ2v) is 8.16. The van der Waals surface area contributed by atoms with Crippen LogP contribution in [-0.2, 0) is 11.3 Å². The fourth-order valence-corrected chi connectivity index (χ4v) is 4.14. The highest BCUT2D eigenvalue weighted by Crippen LogP contribution is 2.28. The number of rotatable bonds is 10. The molecule has 34 heavy (non-hydrogen) atoms. The summed E-state index contributed by atoms with van der Waals surface area (Å²) in [5, 5.41) is 16.1. The Morgan fingerprint density at radius 3 is 2.82 bits per heavy atom. The van der Waals surface area contributed by atoms with Crippen molar-refractivity contribution in [2.45, 2.75) is 44.5 Å². The molecule has 0 bridgehead atoms. The Labute approximate surface area is 198 Å². The van der Waals surface area contributed by atoms with Crippen LogP contribution in [0.2, 0.25) is 0 Å². The predicted octanol–water partition coefficient (Wildman–Crippen LogP) is 3.68. The second kappa shape index (κ2) is 11.2. The van der Waals surface area contributed by atoms with Crippen molar-refractivity contribution < 1.29 is 18.6 Å². The third-order valence-corrected chi connectivity index (χ3v) is 5.83. The van der Waals surface area contributed by atoms with Crippen molar-refractivity contribution in [3.8, 4) is 11.5 Å². The molecule has 9 heteroatoms. The number of halogens is 1. The lowest BCUT2D eigenvalue weighted by molar-refractivity contribution is 0.0289. The highest BCUT2D eigenvalue weighted by Gasteiger charge is 2.28. The zero-order chi connectivity index (χ0) is 23.9. The van der Waals surface area contributed by atoms with Gasteiger partial charge in [0.05, 0.1) is 32.4 Å². The lowest BCUT2D eigenvalue weighted by Gasteiger charge is -2.31. The van der Waals surface area contributed by atoms with E-state index in [0.29, 0.717) is 36.9 Å². The van der Waals surface area contributed by atoms with Gasteiger partial charge < -0.3 is 19.5 Å². The molecule has 1 unspecified atom stereocenters. The minimum Gasteiger partial charge on any atom is -0.497 e. The molecule has 180 valence electrons. The fourth-order valence-electron chi connectivity index (χ4n) is 4.14. The average Bonchev–Trinajstić information content (AvgIpc) is 3.30. The zero-order valence-corrected chi connectivity index (χ0v) is 19.5. The van der Waals surface area contributed by atoms with Crippen molar-refractivity contribution in [3.63, 3.8) is 0 Å². The van der Waals surface area contributed by atoms with E-state index in [1.54, 1.807) is 11.8 Å². The molecule has 3 aromatic rings. The summed E-state index contributed by atoms with van der Waals surface area (Å²) in [4.78, 5) is 0. The number of tetrazole rings is 1. The second-order valence-electron chi connectivity index (χ2n) is 8.16. The first-order valence-electron chi connectivity index (χ1n) is 11.4. The summed E-state index contributed by atoms with van der Waals surface area (Å²) >= 11 is 0. The van der Waals surface area contributed by atoms with Crippen molar-refractivity contribution in [2.75, 3.05) is 20.3 Å². The third kappa shape index (κ3) is 5.78. The number of nitrogens with zero attached hydrogens (tertiary/aromatic N) is 4. The molecule has 2 aromatic carbocycles. The van der Waals surface area contributed by atoms with E-state index in [-0.39, 0.29) is 18.0 Å². The van der Waals surface area contributed by atoms with Crippen LogP contribution in [0, 0.1) is 5.82 Å². The summed E-state index contributed by atoms with van der Waals surface area (Å²) < 4.78 is 32.9. The van der Waals surface area contributed by atoms with E-state index in [1.807, 2.05) is 43.3 Å². The van der Waals surface area contributed by atoms with Crippen molar-refractivity contribution in [3.05, 3.63) is 77.9 Å². The van der Waals surface area contributed by atoms with Gasteiger partial charge in [0.1, 0.15) is 17.3 Å². The highest BCUT2D eigenvalue weighted by molar-refractivity contribution is 5.35. The van der Waals surface area contributed by atoms with Gasteiger partial charge in [0.2, 0.25) is 0 Å². The van der Waals surface area contributed by atoms with Gasteiger partial charge in [-0.05, 0) is 65.6 Å². The normalized spacial score (nSPS) is 18.9. The summed E-state index contributed by atoms with van der Waals surface area (Å²) in [7, 11) is 1.63. The maximum Gasteiger partial charge on any atom is 0.173 e. The standard InChI is InChI=1S/C25H30FN5O3/c1-4-21-15-20(10-11-34-21)27-24(18-12-19(26)14-23(13-18)33-5-2)25-28-29-30-31(25)16-17-6-8-22(32-3)9-7-17/h4,6-9,12-14,20-21,24,27H,1,5,10-11,15-16H2,2-3H3/t20-,21+,24?/m1/s1. The Morgan fingerprint density at radius 1 is 1.26 bits per heavy atom. The molecule has 0 amide bonds. The number of ether oxygens (including phenoxy) is 3. The number of nitrogens with one attached hydrogen (secondary N) is 1. The Kier molecular flexibility index (Phi) is 7.87. The van der Waals surface area contributed by atoms with Crippen molar-refractivity contribution in [2.24, 2.45) is 0 Å². The van der Waals surface area contributed by atoms with Crippen LogP contribution in [0.15, 0.2) is 55.1 Å². The van der Waals surface area contributed by atoms with Crippen LogP contribution in [0.1, 0.15) is 42.8 Å². The van der Waals surface area contributed by atoms with Gasteiger partial charge in [-0.1, -0.05) is 18.2 Å². The summed E-state index contributed by atoms with van der Waals surface area (Å²) in [6.45, 7) is 7.24. The topological polar surface area (TPSA) is 83.3 Å². The van der Waals surface area contributed by atoms with Crippen LogP contribution >= 0.6 is 0 Å². The molecule has 1 aromatic heterocycles. The molecular formula is C25H30FN5O3. The first-order chi connectivity index (χ1) is 16.6. The Hall–Kier alpha value is -3.30. The minimum atomic E-state index is -0.447. The van der Waals surface area contributed by atoms with Crippen LogP contribution < -0.4 is 14.8 Å². The van der Waals surface area contributed by atoms with E-state index in [2.05, 4.69) is 27.4 Å². The molecule has 3 atom stereocenters. The molecule has 1 fully saturated rings. The van der Waals surface area contributed by atoms with Crippen LogP contribution in [0.25, 0.3) is 0 Å². The Morgan fingerprint density at radius 2 is 2.09 bits per heavy atom. The van der Waals surface area contributed by atoms with Gasteiger partial charge in [-0.25, -0.2) is 9.07 Å². The lowest BCUT2D eigenvalue weighted by atomic mass is 9.99. The Bertz CT molecular complexity index is 1090. The van der Waals surface area contributed by atoms with Gasteiger partial charge in [0, 0.05) is 18.7 Å². The molecule has 1 aliphatic heterocycles. The molecule has 0 aliphatic carbocycles. The quantitative estimate of drug-likeness (QED) is 0.456. The molecule has 8 nitrogen and oxygen atoms in total. The molecule has 1 saturated heterocycles. The monoisotopic (exact) mass is 467 g/mol. The highest BCUT2D eigenvalue weighted by atomic mass is 19.1. The summed E-state index contributed by atoms with van der Waals surface area (Å²) in [5.41, 5.74) is 1.70. The predicted molar refractivity (Wildman–Crippen MR) is 125 cm³/mol. The van der Waals surface area contributed by atoms with Gasteiger partial charge >= 0.3 is 0 Å². The van der Waals surface area contributed by atoms with Gasteiger partial charge in [-0.3, -0.25) is 0 Å². The van der Waals surface area contributed by atoms with Crippen molar-refractivity contribution >= 4 is 0 Å². The molecule has 2 heterocycles. The minimum absolute atomic E-state index is 0.0336. The van der Waals surface area contributed by atoms with Gasteiger partial charge in [-0.15, -0.1) is 11.7 Å². The number of aromatic nitrogens is 4. The number of hydrogen-bond acceptors (Lipinski definition) is 7. The Balaban J connectivity index is 1.67. The van der Waals surface area contributed by atoms with E-state index in [0.717, 1.165) is 24.2 Å². The molecule has 1 aliphatic rings. The summed E-state index contributed by atoms with van der Waals surface area (Å²) in [5.74, 6) is 1.46. The van der Waals surface area contributed by atoms with E-state index in [1.165, 1.54) is 12.1 Å². The average molecular weight is 468 g/mol. The van der Waals surface area contributed by atoms with Crippen molar-refractivity contribution in [1.29, 1.82) is 0 Å². The van der Waals surface area contributed by atoms with E-state index in [4.69, 9.17) is 14.2 Å². The first kappa shape index (κ1) is 23.8. The number of methoxy groups -OCH3 is 1. The maximum atomic E-state index is 14.6. The summed E-state index contributed by atoms with van der Waals surface area (Å²) in [6.07, 6.45) is 3.35. The SMILES string of the molecule is C=C[C@H]1C[C@H](NC(c2cc(F)cc(OCC)c2)c2nnnn2Cc2ccc(OC)cc2)CCO1. The molecule has 1 N–H and O–H groups in total. The lowest BCUT2D eigenvalue weighted by Crippen LogP contribution is -2.41.